The molecule has 0 saturated carbocycles. The second-order valence-corrected chi connectivity index (χ2v) is 5.37. The van der Waals surface area contributed by atoms with E-state index in [1.165, 1.54) is 12.8 Å². The first-order valence-electron chi connectivity index (χ1n) is 7.27. The zero-order valence-electron chi connectivity index (χ0n) is 12.3. The molecule has 18 heavy (non-hydrogen) atoms. The van der Waals surface area contributed by atoms with Crippen LogP contribution >= 0.6 is 0 Å². The van der Waals surface area contributed by atoms with E-state index in [1.54, 1.807) is 0 Å². The van der Waals surface area contributed by atoms with Crippen molar-refractivity contribution >= 4 is 0 Å². The van der Waals surface area contributed by atoms with Gasteiger partial charge < -0.3 is 19.7 Å². The largest absolute Gasteiger partial charge is 0.381 e. The van der Waals surface area contributed by atoms with Gasteiger partial charge in [0.05, 0.1) is 13.2 Å². The second kappa shape index (κ2) is 8.86. The van der Waals surface area contributed by atoms with Crippen LogP contribution in [-0.4, -0.2) is 64.6 Å². The van der Waals surface area contributed by atoms with Crippen LogP contribution in [0.4, 0.5) is 0 Å². The van der Waals surface area contributed by atoms with Crippen molar-refractivity contribution in [3.63, 3.8) is 0 Å². The maximum atomic E-state index is 5.71. The summed E-state index contributed by atoms with van der Waals surface area (Å²) in [5, 5.41) is 3.49. The molecule has 0 bridgehead atoms. The average Bonchev–Trinajstić information content (AvgIpc) is 2.38. The third-order valence-corrected chi connectivity index (χ3v) is 3.58. The highest BCUT2D eigenvalue weighted by atomic mass is 16.5. The third kappa shape index (κ3) is 5.65. The molecule has 0 radical (unpaired) electrons. The number of ether oxygens (including phenoxy) is 2. The fourth-order valence-corrected chi connectivity index (χ4v) is 2.64. The molecule has 1 aliphatic rings. The number of likely N-dealkylation sites (N-methyl/N-ethyl adjacent to an activating group) is 1. The van der Waals surface area contributed by atoms with Crippen molar-refractivity contribution in [2.45, 2.75) is 26.7 Å². The molecule has 1 saturated heterocycles. The van der Waals surface area contributed by atoms with E-state index < -0.39 is 0 Å². The molecule has 108 valence electrons. The lowest BCUT2D eigenvalue weighted by atomic mass is 9.81. The normalized spacial score (nSPS) is 24.7. The zero-order valence-corrected chi connectivity index (χ0v) is 12.3. The Morgan fingerprint density at radius 2 is 2.22 bits per heavy atom. The predicted octanol–water partition coefficient (Wildman–Crippen LogP) is 1.36. The van der Waals surface area contributed by atoms with Crippen molar-refractivity contribution in [3.8, 4) is 0 Å². The van der Waals surface area contributed by atoms with Crippen LogP contribution in [-0.2, 0) is 9.47 Å². The van der Waals surface area contributed by atoms with Crippen LogP contribution in [0.5, 0.6) is 0 Å². The quantitative estimate of drug-likeness (QED) is 0.633. The Kier molecular flexibility index (Phi) is 7.82. The summed E-state index contributed by atoms with van der Waals surface area (Å²) < 4.78 is 11.1. The Labute approximate surface area is 112 Å². The highest BCUT2D eigenvalue weighted by molar-refractivity contribution is 4.86. The summed E-state index contributed by atoms with van der Waals surface area (Å²) in [5.41, 5.74) is 0.287. The third-order valence-electron chi connectivity index (χ3n) is 3.58. The lowest BCUT2D eigenvalue weighted by Gasteiger charge is -2.40. The van der Waals surface area contributed by atoms with Crippen LogP contribution in [0.3, 0.4) is 0 Å². The van der Waals surface area contributed by atoms with Gasteiger partial charge in [-0.05, 0) is 33.4 Å². The molecular weight excluding hydrogens is 228 g/mol. The van der Waals surface area contributed by atoms with Crippen molar-refractivity contribution in [2.24, 2.45) is 5.41 Å². The Bertz CT molecular complexity index is 206. The Hall–Kier alpha value is -0.160. The monoisotopic (exact) mass is 258 g/mol. The van der Waals surface area contributed by atoms with Gasteiger partial charge in [-0.3, -0.25) is 0 Å². The molecule has 4 heteroatoms. The lowest BCUT2D eigenvalue weighted by molar-refractivity contribution is -0.0253. The van der Waals surface area contributed by atoms with E-state index in [9.17, 15) is 0 Å². The summed E-state index contributed by atoms with van der Waals surface area (Å²) >= 11 is 0. The molecule has 1 fully saturated rings. The summed E-state index contributed by atoms with van der Waals surface area (Å²) in [7, 11) is 2.18. The Morgan fingerprint density at radius 3 is 2.83 bits per heavy atom. The highest BCUT2D eigenvalue weighted by Gasteiger charge is 2.33. The summed E-state index contributed by atoms with van der Waals surface area (Å²) in [6, 6.07) is 0. The van der Waals surface area contributed by atoms with Gasteiger partial charge in [-0.15, -0.1) is 0 Å². The van der Waals surface area contributed by atoms with E-state index in [1.807, 2.05) is 6.92 Å². The molecule has 4 nitrogen and oxygen atoms in total. The molecular formula is C14H30N2O2. The minimum atomic E-state index is 0.287. The molecule has 0 aromatic heterocycles. The van der Waals surface area contributed by atoms with Crippen LogP contribution in [0.25, 0.3) is 0 Å². The van der Waals surface area contributed by atoms with Crippen molar-refractivity contribution in [1.29, 1.82) is 0 Å². The summed E-state index contributed by atoms with van der Waals surface area (Å²) in [6.45, 7) is 11.8. The van der Waals surface area contributed by atoms with Gasteiger partial charge in [-0.1, -0.05) is 6.92 Å². The van der Waals surface area contributed by atoms with Gasteiger partial charge in [-0.2, -0.15) is 0 Å². The predicted molar refractivity (Wildman–Crippen MR) is 75.0 cm³/mol. The SMILES string of the molecule is CCNCC1(CN(C)CCOCC)CCCOC1. The molecule has 1 rings (SSSR count). The molecule has 1 aliphatic heterocycles. The second-order valence-electron chi connectivity index (χ2n) is 5.37. The van der Waals surface area contributed by atoms with Crippen LogP contribution < -0.4 is 5.32 Å². The molecule has 0 aromatic rings. The maximum absolute atomic E-state index is 5.71. The van der Waals surface area contributed by atoms with Crippen molar-refractivity contribution in [2.75, 3.05) is 59.7 Å². The zero-order chi connectivity index (χ0) is 13.3. The minimum Gasteiger partial charge on any atom is -0.381 e. The number of hydrogen-bond donors (Lipinski definition) is 1. The van der Waals surface area contributed by atoms with Crippen molar-refractivity contribution < 1.29 is 9.47 Å². The fourth-order valence-electron chi connectivity index (χ4n) is 2.64. The van der Waals surface area contributed by atoms with E-state index in [-0.39, 0.29) is 5.41 Å². The molecule has 1 unspecified atom stereocenters. The molecule has 0 spiro atoms. The highest BCUT2D eigenvalue weighted by Crippen LogP contribution is 2.28. The van der Waals surface area contributed by atoms with Gasteiger partial charge in [0.25, 0.3) is 0 Å². The van der Waals surface area contributed by atoms with Crippen LogP contribution in [0, 0.1) is 5.41 Å². The topological polar surface area (TPSA) is 33.7 Å². The average molecular weight is 258 g/mol. The van der Waals surface area contributed by atoms with E-state index in [2.05, 4.69) is 24.2 Å². The molecule has 1 N–H and O–H groups in total. The molecule has 1 atom stereocenters. The van der Waals surface area contributed by atoms with Crippen LogP contribution in [0.15, 0.2) is 0 Å². The number of nitrogens with one attached hydrogen (secondary N) is 1. The van der Waals surface area contributed by atoms with Crippen LogP contribution in [0.2, 0.25) is 0 Å². The van der Waals surface area contributed by atoms with Gasteiger partial charge in [0, 0.05) is 38.3 Å². The standard InChI is InChI=1S/C14H30N2O2/c1-4-15-11-14(7-6-9-18-13-14)12-16(3)8-10-17-5-2/h15H,4-13H2,1-3H3. The van der Waals surface area contributed by atoms with Gasteiger partial charge in [-0.25, -0.2) is 0 Å². The van der Waals surface area contributed by atoms with E-state index in [0.29, 0.717) is 0 Å². The van der Waals surface area contributed by atoms with Crippen molar-refractivity contribution in [3.05, 3.63) is 0 Å². The van der Waals surface area contributed by atoms with E-state index in [0.717, 1.165) is 52.6 Å². The van der Waals surface area contributed by atoms with E-state index in [4.69, 9.17) is 9.47 Å². The van der Waals surface area contributed by atoms with Gasteiger partial charge in [0.1, 0.15) is 0 Å². The first-order valence-corrected chi connectivity index (χ1v) is 7.27. The lowest BCUT2D eigenvalue weighted by Crippen LogP contribution is -2.48. The fraction of sp³-hybridized carbons (Fsp3) is 1.00. The van der Waals surface area contributed by atoms with Gasteiger partial charge in [0.2, 0.25) is 0 Å². The Balaban J connectivity index is 2.39. The number of rotatable bonds is 9. The number of hydrogen-bond acceptors (Lipinski definition) is 4. The smallest absolute Gasteiger partial charge is 0.0593 e. The summed E-state index contributed by atoms with van der Waals surface area (Å²) in [4.78, 5) is 2.38. The summed E-state index contributed by atoms with van der Waals surface area (Å²) in [5.74, 6) is 0. The number of nitrogens with zero attached hydrogens (tertiary/aromatic N) is 1. The molecule has 1 heterocycles. The Morgan fingerprint density at radius 1 is 1.39 bits per heavy atom. The molecule has 0 amide bonds. The van der Waals surface area contributed by atoms with Crippen LogP contribution in [0.1, 0.15) is 26.7 Å². The molecule has 0 aromatic carbocycles. The van der Waals surface area contributed by atoms with Gasteiger partial charge >= 0.3 is 0 Å². The maximum Gasteiger partial charge on any atom is 0.0593 e. The van der Waals surface area contributed by atoms with Gasteiger partial charge in [0.15, 0.2) is 0 Å². The van der Waals surface area contributed by atoms with Crippen molar-refractivity contribution in [1.82, 2.24) is 10.2 Å². The first-order chi connectivity index (χ1) is 8.72. The molecule has 0 aliphatic carbocycles. The summed E-state index contributed by atoms with van der Waals surface area (Å²) in [6.07, 6.45) is 2.45. The first kappa shape index (κ1) is 15.9. The minimum absolute atomic E-state index is 0.287. The van der Waals surface area contributed by atoms with E-state index >= 15 is 0 Å².